The molecule has 0 atom stereocenters. The second-order valence-corrected chi connectivity index (χ2v) is 2.25. The number of hydrogen-bond donors (Lipinski definition) is 1. The molecular weight excluding hydrogens is 178 g/mol. The number of halogens is 1. The first kappa shape index (κ1) is 13.7. The molecule has 0 spiro atoms. The van der Waals surface area contributed by atoms with E-state index in [2.05, 4.69) is 5.73 Å². The second kappa shape index (κ2) is 5.71. The highest BCUT2D eigenvalue weighted by Crippen LogP contribution is 2.03. The van der Waals surface area contributed by atoms with Crippen molar-refractivity contribution in [3.63, 3.8) is 0 Å². The first-order chi connectivity index (χ1) is 4.70. The molecule has 4 heteroatoms. The van der Waals surface area contributed by atoms with Crippen LogP contribution >= 0.6 is 0 Å². The quantitative estimate of drug-likeness (QED) is 0.468. The van der Waals surface area contributed by atoms with Gasteiger partial charge in [0.25, 0.3) is 0 Å². The van der Waals surface area contributed by atoms with Gasteiger partial charge >= 0.3 is 0 Å². The molecule has 0 aliphatic heterocycles. The fourth-order valence-corrected chi connectivity index (χ4v) is 0.739. The van der Waals surface area contributed by atoms with Gasteiger partial charge in [0, 0.05) is 5.56 Å². The summed E-state index contributed by atoms with van der Waals surface area (Å²) in [4.78, 5) is 10.7. The Morgan fingerprint density at radius 2 is 1.67 bits per heavy atom. The zero-order valence-electron chi connectivity index (χ0n) is 6.80. The van der Waals surface area contributed by atoms with Crippen molar-refractivity contribution in [2.45, 2.75) is 6.92 Å². The van der Waals surface area contributed by atoms with Crippen molar-refractivity contribution in [3.05, 3.63) is 29.8 Å². The van der Waals surface area contributed by atoms with Gasteiger partial charge in [-0.2, -0.15) is 0 Å². The monoisotopic (exact) mass is 189 g/mol. The molecule has 0 amide bonds. The Labute approximate surface area is 77.3 Å². The van der Waals surface area contributed by atoms with E-state index in [0.29, 0.717) is 0 Å². The van der Waals surface area contributed by atoms with Gasteiger partial charge in [-0.3, -0.25) is 4.79 Å². The Morgan fingerprint density at radius 1 is 1.25 bits per heavy atom. The molecule has 0 bridgehead atoms. The number of quaternary nitrogens is 1. The zero-order chi connectivity index (χ0) is 7.56. The Bertz CT molecular complexity index is 246. The van der Waals surface area contributed by atoms with Gasteiger partial charge in [-0.1, -0.05) is 0 Å². The maximum absolute atomic E-state index is 10.7. The lowest BCUT2D eigenvalue weighted by atomic mass is 10.1. The van der Waals surface area contributed by atoms with Gasteiger partial charge in [-0.15, -0.1) is 0 Å². The molecule has 0 unspecified atom stereocenters. The van der Waals surface area contributed by atoms with E-state index in [1.807, 2.05) is 12.1 Å². The molecule has 0 fully saturated rings. The predicted molar refractivity (Wildman–Crippen MR) is 42.6 cm³/mol. The van der Waals surface area contributed by atoms with Crippen LogP contribution in [0.25, 0.3) is 0 Å². The molecule has 0 radical (unpaired) electrons. The maximum Gasteiger partial charge on any atom is 0.159 e. The molecule has 0 saturated carbocycles. The number of hydrogen-bond acceptors (Lipinski definition) is 1. The molecular formula is C8H12ClNO2. The molecule has 0 aliphatic carbocycles. The molecule has 0 saturated heterocycles. The predicted octanol–water partition coefficient (Wildman–Crippen LogP) is -3.06. The number of rotatable bonds is 1. The summed E-state index contributed by atoms with van der Waals surface area (Å²) >= 11 is 0. The lowest BCUT2D eigenvalue weighted by Gasteiger charge is -1.91. The fourth-order valence-electron chi connectivity index (χ4n) is 0.739. The molecule has 12 heavy (non-hydrogen) atoms. The first-order valence-corrected chi connectivity index (χ1v) is 3.13. The van der Waals surface area contributed by atoms with Gasteiger partial charge < -0.3 is 23.6 Å². The highest BCUT2D eigenvalue weighted by molar-refractivity contribution is 5.94. The average Bonchev–Trinajstić information content (AvgIpc) is 1.88. The van der Waals surface area contributed by atoms with Crippen LogP contribution in [-0.2, 0) is 0 Å². The highest BCUT2D eigenvalue weighted by atomic mass is 35.5. The summed E-state index contributed by atoms with van der Waals surface area (Å²) in [7, 11) is 0. The van der Waals surface area contributed by atoms with Crippen LogP contribution in [0.2, 0.25) is 0 Å². The Morgan fingerprint density at radius 3 is 2.00 bits per heavy atom. The van der Waals surface area contributed by atoms with Crippen LogP contribution in [0.3, 0.4) is 0 Å². The van der Waals surface area contributed by atoms with Crippen LogP contribution in [0.4, 0.5) is 5.69 Å². The van der Waals surface area contributed by atoms with Crippen molar-refractivity contribution in [2.24, 2.45) is 0 Å². The SMILES string of the molecule is CC(=O)c1ccc([NH3+])cc1.O.[Cl-]. The minimum Gasteiger partial charge on any atom is -1.00 e. The normalized spacial score (nSPS) is 7.83. The molecule has 1 aromatic carbocycles. The lowest BCUT2D eigenvalue weighted by Crippen LogP contribution is -3.00. The maximum atomic E-state index is 10.7. The third kappa shape index (κ3) is 3.48. The Hall–Kier alpha value is -0.900. The van der Waals surface area contributed by atoms with E-state index < -0.39 is 0 Å². The van der Waals surface area contributed by atoms with Crippen molar-refractivity contribution >= 4 is 11.5 Å². The number of Topliss-reactive ketones (excluding diaryl/α,β-unsaturated/α-hetero) is 1. The smallest absolute Gasteiger partial charge is 0.159 e. The van der Waals surface area contributed by atoms with Gasteiger partial charge in [0.05, 0.1) is 0 Å². The lowest BCUT2D eigenvalue weighted by molar-refractivity contribution is -0.254. The minimum absolute atomic E-state index is 0. The van der Waals surface area contributed by atoms with Gasteiger partial charge in [0.1, 0.15) is 5.69 Å². The summed E-state index contributed by atoms with van der Waals surface area (Å²) < 4.78 is 0. The molecule has 5 N–H and O–H groups in total. The van der Waals surface area contributed by atoms with E-state index >= 15 is 0 Å². The van der Waals surface area contributed by atoms with Crippen molar-refractivity contribution < 1.29 is 28.4 Å². The van der Waals surface area contributed by atoms with Crippen molar-refractivity contribution in [3.8, 4) is 0 Å². The van der Waals surface area contributed by atoms with Gasteiger partial charge in [-0.25, -0.2) is 0 Å². The van der Waals surface area contributed by atoms with Crippen molar-refractivity contribution in [1.82, 2.24) is 0 Å². The third-order valence-electron chi connectivity index (χ3n) is 1.36. The summed E-state index contributed by atoms with van der Waals surface area (Å²) in [6, 6.07) is 7.22. The fraction of sp³-hybridized carbons (Fsp3) is 0.125. The molecule has 68 valence electrons. The van der Waals surface area contributed by atoms with Crippen LogP contribution in [0, 0.1) is 0 Å². The summed E-state index contributed by atoms with van der Waals surface area (Å²) in [5, 5.41) is 0. The van der Waals surface area contributed by atoms with E-state index in [1.54, 1.807) is 19.1 Å². The third-order valence-corrected chi connectivity index (χ3v) is 1.36. The molecule has 0 aliphatic rings. The van der Waals surface area contributed by atoms with Crippen LogP contribution in [0.15, 0.2) is 24.3 Å². The number of ketones is 1. The molecule has 0 aromatic heterocycles. The van der Waals surface area contributed by atoms with Crippen LogP contribution in [-0.4, -0.2) is 11.3 Å². The van der Waals surface area contributed by atoms with E-state index in [0.717, 1.165) is 11.3 Å². The average molecular weight is 190 g/mol. The molecule has 1 aromatic rings. The zero-order valence-corrected chi connectivity index (χ0v) is 7.56. The standard InChI is InChI=1S/C8H9NO.ClH.H2O/c1-6(10)7-2-4-8(9)5-3-7;;/h2-5H,9H2,1H3;1H;1H2. The largest absolute Gasteiger partial charge is 1.00 e. The van der Waals surface area contributed by atoms with Gasteiger partial charge in [-0.05, 0) is 31.2 Å². The Balaban J connectivity index is 0. The van der Waals surface area contributed by atoms with E-state index in [-0.39, 0.29) is 23.7 Å². The van der Waals surface area contributed by atoms with E-state index in [1.165, 1.54) is 0 Å². The number of carbonyl (C=O) groups excluding carboxylic acids is 1. The second-order valence-electron chi connectivity index (χ2n) is 2.25. The van der Waals surface area contributed by atoms with Gasteiger partial charge in [0.15, 0.2) is 5.78 Å². The first-order valence-electron chi connectivity index (χ1n) is 3.13. The molecule has 1 rings (SSSR count). The summed E-state index contributed by atoms with van der Waals surface area (Å²) in [6.07, 6.45) is 0. The van der Waals surface area contributed by atoms with E-state index in [9.17, 15) is 4.79 Å². The Kier molecular flexibility index (Phi) is 6.51. The van der Waals surface area contributed by atoms with Crippen molar-refractivity contribution in [2.75, 3.05) is 0 Å². The van der Waals surface area contributed by atoms with Crippen molar-refractivity contribution in [1.29, 1.82) is 0 Å². The van der Waals surface area contributed by atoms with Crippen LogP contribution in [0.5, 0.6) is 0 Å². The topological polar surface area (TPSA) is 76.2 Å². The summed E-state index contributed by atoms with van der Waals surface area (Å²) in [6.45, 7) is 1.55. The highest BCUT2D eigenvalue weighted by Gasteiger charge is 1.96. The van der Waals surface area contributed by atoms with Gasteiger partial charge in [0.2, 0.25) is 0 Å². The van der Waals surface area contributed by atoms with Crippen LogP contribution in [0.1, 0.15) is 17.3 Å². The molecule has 3 nitrogen and oxygen atoms in total. The van der Waals surface area contributed by atoms with E-state index in [4.69, 9.17) is 0 Å². The summed E-state index contributed by atoms with van der Waals surface area (Å²) in [5.41, 5.74) is 5.39. The van der Waals surface area contributed by atoms with Crippen LogP contribution < -0.4 is 18.1 Å². The number of carbonyl (C=O) groups is 1. The molecule has 0 heterocycles. The summed E-state index contributed by atoms with van der Waals surface area (Å²) in [5.74, 6) is 0.0972. The number of benzene rings is 1. The minimum atomic E-state index is 0.